The summed E-state index contributed by atoms with van der Waals surface area (Å²) in [6.45, 7) is 13.4. The van der Waals surface area contributed by atoms with Crippen LogP contribution in [0.25, 0.3) is 0 Å². The van der Waals surface area contributed by atoms with Crippen molar-refractivity contribution >= 4 is 46.4 Å². The zero-order valence-corrected chi connectivity index (χ0v) is 44.4. The third-order valence-electron chi connectivity index (χ3n) is 14.5. The van der Waals surface area contributed by atoms with E-state index in [4.69, 9.17) is 9.47 Å². The monoisotopic (exact) mass is 1040 g/mol. The average Bonchev–Trinajstić information content (AvgIpc) is 3.99. The minimum Gasteiger partial charge on any atom is -0.496 e. The zero-order valence-electron chi connectivity index (χ0n) is 44.4. The molecular weight excluding hydrogens is 979 g/mol. The Morgan fingerprint density at radius 2 is 1.10 bits per heavy atom. The van der Waals surface area contributed by atoms with Crippen LogP contribution in [0.3, 0.4) is 0 Å². The number of anilines is 2. The van der Waals surface area contributed by atoms with Crippen LogP contribution in [0, 0.1) is 44.7 Å². The number of carbonyl (C=O) groups is 4. The molecule has 1 atom stereocenters. The van der Waals surface area contributed by atoms with Crippen LogP contribution in [0.1, 0.15) is 85.0 Å². The number of ether oxygens (including phenoxy) is 2. The highest BCUT2D eigenvalue weighted by Crippen LogP contribution is 2.38. The van der Waals surface area contributed by atoms with E-state index >= 15 is 0 Å². The van der Waals surface area contributed by atoms with Crippen molar-refractivity contribution in [2.75, 3.05) is 43.9 Å². The summed E-state index contributed by atoms with van der Waals surface area (Å²) in [7, 11) is 3.27. The minimum absolute atomic E-state index is 0.0913. The first-order valence-electron chi connectivity index (χ1n) is 25.6. The third-order valence-corrected chi connectivity index (χ3v) is 14.5. The van der Waals surface area contributed by atoms with Crippen molar-refractivity contribution in [3.63, 3.8) is 0 Å². The Morgan fingerprint density at radius 3 is 1.62 bits per heavy atom. The average molecular weight is 1040 g/mol. The Kier molecular flexibility index (Phi) is 15.8. The molecule has 1 fully saturated rings. The van der Waals surface area contributed by atoms with Gasteiger partial charge < -0.3 is 25.0 Å². The van der Waals surface area contributed by atoms with Gasteiger partial charge in [0.15, 0.2) is 0 Å². The molecule has 0 spiro atoms. The van der Waals surface area contributed by atoms with Gasteiger partial charge in [-0.2, -0.15) is 20.2 Å². The summed E-state index contributed by atoms with van der Waals surface area (Å²) in [4.78, 5) is 56.1. The zero-order chi connectivity index (χ0) is 54.5. The second-order valence-corrected chi connectivity index (χ2v) is 20.1. The molecule has 0 bridgehead atoms. The van der Waals surface area contributed by atoms with Gasteiger partial charge in [-0.05, 0) is 152 Å². The van der Waals surface area contributed by atoms with E-state index in [-0.39, 0.29) is 35.3 Å². The van der Waals surface area contributed by atoms with Gasteiger partial charge in [0.05, 0.1) is 42.6 Å². The maximum atomic E-state index is 13.8. The summed E-state index contributed by atoms with van der Waals surface area (Å²) in [5.74, 6) is 0.387. The highest BCUT2D eigenvalue weighted by molar-refractivity contribution is 6.30. The number of methoxy groups -OCH3 is 2. The van der Waals surface area contributed by atoms with Gasteiger partial charge >= 0.3 is 0 Å². The van der Waals surface area contributed by atoms with E-state index in [1.54, 1.807) is 52.3 Å². The molecule has 4 aliphatic rings. The topological polar surface area (TPSA) is 148 Å². The third kappa shape index (κ3) is 11.8. The number of benzene rings is 6. The number of likely N-dealkylation sites (tertiary alicyclic amines) is 1. The van der Waals surface area contributed by atoms with Gasteiger partial charge in [-0.15, -0.1) is 0 Å². The fourth-order valence-corrected chi connectivity index (χ4v) is 9.84. The molecule has 6 aromatic rings. The van der Waals surface area contributed by atoms with Crippen molar-refractivity contribution in [2.45, 2.75) is 73.6 Å². The molecule has 6 aromatic carbocycles. The molecule has 2 N–H and O–H groups in total. The standard InChI is InChI=1S/C31H33FN4O3.C30H29FN4O3/c1-20-5-6-23(16-27(20)39-4)17-33-29(37)24-9-7-22(8-10-24)18-35-14-13-28-31(3,19-35)30(38)36(34-28)25-11-12-26(32)21(2)15-25;1-19-4-5-22(15-28(19)38-3)16-32-29(36)23-8-6-21(7-9-23)17-34-13-12-27-25(18-34)30(37)35(33-27)24-10-11-26(31)20(2)14-24/h5-12,15-16H,13-14,17-19H2,1-4H3,(H,33,37);4-11,14-15,18H,12-13,16-17H2,1-3H3,(H,32,36). The second kappa shape index (κ2) is 22.8. The maximum absolute atomic E-state index is 13.8. The Morgan fingerprint density at radius 1 is 0.597 bits per heavy atom. The molecule has 10 rings (SSSR count). The van der Waals surface area contributed by atoms with Crippen molar-refractivity contribution in [1.29, 1.82) is 0 Å². The van der Waals surface area contributed by atoms with Gasteiger partial charge in [-0.1, -0.05) is 48.5 Å². The van der Waals surface area contributed by atoms with Gasteiger partial charge in [-0.3, -0.25) is 24.1 Å². The smallest absolute Gasteiger partial charge is 0.282 e. The molecule has 4 aliphatic heterocycles. The fourth-order valence-electron chi connectivity index (χ4n) is 9.84. The molecule has 16 heteroatoms. The predicted molar refractivity (Wildman–Crippen MR) is 294 cm³/mol. The Hall–Kier alpha value is -8.50. The van der Waals surface area contributed by atoms with Crippen LogP contribution in [0.2, 0.25) is 0 Å². The van der Waals surface area contributed by atoms with E-state index in [9.17, 15) is 28.0 Å². The molecular formula is C61H62F2N8O6. The number of fused-ring (bicyclic) bond motifs is 2. The van der Waals surface area contributed by atoms with Gasteiger partial charge in [0.1, 0.15) is 28.5 Å². The number of nitrogens with zero attached hydrogens (tertiary/aromatic N) is 6. The molecule has 0 aromatic heterocycles. The SMILES string of the molecule is COc1cc(CNC(=O)c2ccc(CN3C=C4C(=O)N(c5ccc(F)c(C)c5)N=C4CC3)cc2)ccc1C.COc1cc(CNC(=O)c2ccc(CN3CCC4=NN(c5ccc(F)c(C)c5)C(=O)C4(C)C3)cc2)ccc1C. The van der Waals surface area contributed by atoms with Crippen molar-refractivity contribution in [1.82, 2.24) is 20.4 Å². The van der Waals surface area contributed by atoms with Crippen LogP contribution in [-0.4, -0.2) is 78.7 Å². The number of hydrazone groups is 2. The van der Waals surface area contributed by atoms with Crippen LogP contribution in [-0.2, 0) is 35.8 Å². The van der Waals surface area contributed by atoms with Crippen LogP contribution in [0.4, 0.5) is 20.2 Å². The first-order chi connectivity index (χ1) is 37.0. The van der Waals surface area contributed by atoms with Crippen LogP contribution in [0.15, 0.2) is 143 Å². The highest BCUT2D eigenvalue weighted by Gasteiger charge is 2.50. The second-order valence-electron chi connectivity index (χ2n) is 20.1. The van der Waals surface area contributed by atoms with Crippen molar-refractivity contribution in [3.8, 4) is 11.5 Å². The van der Waals surface area contributed by atoms with E-state index < -0.39 is 5.41 Å². The lowest BCUT2D eigenvalue weighted by Crippen LogP contribution is -2.50. The highest BCUT2D eigenvalue weighted by atomic mass is 19.1. The Labute approximate surface area is 447 Å². The number of carbonyl (C=O) groups excluding carboxylic acids is 4. The van der Waals surface area contributed by atoms with Gasteiger partial charge in [-0.25, -0.2) is 8.78 Å². The van der Waals surface area contributed by atoms with Gasteiger partial charge in [0, 0.05) is 76.0 Å². The molecule has 1 unspecified atom stereocenters. The number of piperidine rings is 1. The molecule has 1 saturated heterocycles. The lowest BCUT2D eigenvalue weighted by atomic mass is 9.79. The van der Waals surface area contributed by atoms with Crippen molar-refractivity contribution in [2.24, 2.45) is 15.6 Å². The van der Waals surface area contributed by atoms with Crippen molar-refractivity contribution < 1.29 is 37.4 Å². The van der Waals surface area contributed by atoms with E-state index in [1.165, 1.54) is 22.2 Å². The number of halogens is 2. The van der Waals surface area contributed by atoms with E-state index in [0.29, 0.717) is 91.3 Å². The Bertz CT molecular complexity index is 3360. The van der Waals surface area contributed by atoms with Gasteiger partial charge in [0.25, 0.3) is 23.6 Å². The normalized spacial score (nSPS) is 16.9. The molecule has 0 saturated carbocycles. The summed E-state index contributed by atoms with van der Waals surface area (Å²) in [5, 5.41) is 17.8. The Balaban J connectivity index is 0.000000188. The summed E-state index contributed by atoms with van der Waals surface area (Å²) in [6.07, 6.45) is 3.17. The number of rotatable bonds is 14. The maximum Gasteiger partial charge on any atom is 0.282 e. The summed E-state index contributed by atoms with van der Waals surface area (Å²) in [5.41, 5.74) is 10.8. The predicted octanol–water partition coefficient (Wildman–Crippen LogP) is 9.87. The summed E-state index contributed by atoms with van der Waals surface area (Å²) in [6, 6.07) is 36.0. The lowest BCUT2D eigenvalue weighted by molar-refractivity contribution is -0.124. The molecule has 14 nitrogen and oxygen atoms in total. The molecule has 4 heterocycles. The molecule has 4 amide bonds. The molecule has 77 heavy (non-hydrogen) atoms. The van der Waals surface area contributed by atoms with E-state index in [0.717, 1.165) is 62.8 Å². The number of amides is 4. The fraction of sp³-hybridized carbons (Fsp3) is 0.279. The summed E-state index contributed by atoms with van der Waals surface area (Å²) >= 11 is 0. The first kappa shape index (κ1) is 53.3. The minimum atomic E-state index is -0.723. The van der Waals surface area contributed by atoms with Gasteiger partial charge in [0.2, 0.25) is 0 Å². The van der Waals surface area contributed by atoms with E-state index in [1.807, 2.05) is 112 Å². The first-order valence-corrected chi connectivity index (χ1v) is 25.6. The quantitative estimate of drug-likeness (QED) is 0.110. The summed E-state index contributed by atoms with van der Waals surface area (Å²) < 4.78 is 38.1. The number of hydrogen-bond donors (Lipinski definition) is 2. The van der Waals surface area contributed by atoms with Crippen LogP contribution < -0.4 is 30.1 Å². The number of nitrogens with one attached hydrogen (secondary N) is 2. The lowest BCUT2D eigenvalue weighted by Gasteiger charge is -2.37. The molecule has 396 valence electrons. The van der Waals surface area contributed by atoms with Crippen LogP contribution in [0.5, 0.6) is 11.5 Å². The van der Waals surface area contributed by atoms with Crippen molar-refractivity contribution in [3.05, 3.63) is 200 Å². The molecule has 0 aliphatic carbocycles. The number of aryl methyl sites for hydroxylation is 4. The largest absolute Gasteiger partial charge is 0.496 e. The van der Waals surface area contributed by atoms with E-state index in [2.05, 4.69) is 30.6 Å². The van der Waals surface area contributed by atoms with Crippen LogP contribution >= 0.6 is 0 Å². The number of hydrogen-bond acceptors (Lipinski definition) is 10. The molecule has 0 radical (unpaired) electrons.